The number of ketones is 1. The molecule has 8 heteroatoms. The number of nitrogens with zero attached hydrogens (tertiary/aromatic N) is 1. The lowest BCUT2D eigenvalue weighted by Crippen LogP contribution is -2.37. The number of likely N-dealkylation sites (tertiary alicyclic amines) is 1. The number of methoxy groups -OCH3 is 3. The van der Waals surface area contributed by atoms with Crippen LogP contribution >= 0.6 is 11.6 Å². The number of Topliss-reactive ketones (excluding diaryl/α,β-unsaturated/α-hetero) is 1. The first-order valence-electron chi connectivity index (χ1n) is 10.8. The standard InChI is InChI=1S/C25H26ClNO6/c1-31-16-10-6-7-14(11-16)22-21(24(29)25(30)27(22)15-8-4-5-9-15)23(28)17-12-18(26)20(33-3)13-19(17)32-2/h6-7,10-13,15,22,28H,4-5,8-9H2,1-3H3/b23-21+. The van der Waals surface area contributed by atoms with Crippen LogP contribution in [0.2, 0.25) is 5.02 Å². The fourth-order valence-electron chi connectivity index (χ4n) is 4.74. The molecule has 0 bridgehead atoms. The molecule has 1 amide bonds. The highest BCUT2D eigenvalue weighted by atomic mass is 35.5. The Morgan fingerprint density at radius 3 is 2.33 bits per heavy atom. The van der Waals surface area contributed by atoms with Crippen LogP contribution in [-0.4, -0.2) is 49.1 Å². The summed E-state index contributed by atoms with van der Waals surface area (Å²) in [5.41, 5.74) is 0.890. The number of carbonyl (C=O) groups excluding carboxylic acids is 2. The van der Waals surface area contributed by atoms with Crippen molar-refractivity contribution in [3.8, 4) is 17.2 Å². The van der Waals surface area contributed by atoms with Crippen LogP contribution in [0.1, 0.15) is 42.9 Å². The summed E-state index contributed by atoms with van der Waals surface area (Å²) < 4.78 is 16.0. The average molecular weight is 472 g/mol. The minimum absolute atomic E-state index is 0.000290. The van der Waals surface area contributed by atoms with Gasteiger partial charge >= 0.3 is 0 Å². The molecule has 2 aromatic rings. The number of aliphatic hydroxyl groups excluding tert-OH is 1. The minimum Gasteiger partial charge on any atom is -0.507 e. The SMILES string of the molecule is COc1cccc(C2/C(=C(\O)c3cc(Cl)c(OC)cc3OC)C(=O)C(=O)N2C2CCCC2)c1. The van der Waals surface area contributed by atoms with Gasteiger partial charge in [-0.25, -0.2) is 0 Å². The number of hydrogen-bond donors (Lipinski definition) is 1. The summed E-state index contributed by atoms with van der Waals surface area (Å²) in [6, 6.07) is 9.37. The largest absolute Gasteiger partial charge is 0.507 e. The zero-order valence-electron chi connectivity index (χ0n) is 18.8. The number of ether oxygens (including phenoxy) is 3. The molecule has 174 valence electrons. The van der Waals surface area contributed by atoms with Crippen LogP contribution < -0.4 is 14.2 Å². The molecule has 1 unspecified atom stereocenters. The van der Waals surface area contributed by atoms with E-state index in [4.69, 9.17) is 25.8 Å². The van der Waals surface area contributed by atoms with E-state index in [0.717, 1.165) is 25.7 Å². The summed E-state index contributed by atoms with van der Waals surface area (Å²) >= 11 is 6.31. The maximum absolute atomic E-state index is 13.3. The third-order valence-corrected chi connectivity index (χ3v) is 6.63. The smallest absolute Gasteiger partial charge is 0.295 e. The molecular formula is C25H26ClNO6. The molecule has 1 heterocycles. The van der Waals surface area contributed by atoms with E-state index in [9.17, 15) is 14.7 Å². The molecular weight excluding hydrogens is 446 g/mol. The second-order valence-electron chi connectivity index (χ2n) is 8.11. The van der Waals surface area contributed by atoms with Crippen molar-refractivity contribution < 1.29 is 28.9 Å². The van der Waals surface area contributed by atoms with E-state index in [1.165, 1.54) is 26.4 Å². The molecule has 1 saturated heterocycles. The van der Waals surface area contributed by atoms with Gasteiger partial charge in [0.15, 0.2) is 0 Å². The van der Waals surface area contributed by atoms with Crippen molar-refractivity contribution >= 4 is 29.1 Å². The Hall–Kier alpha value is -3.19. The van der Waals surface area contributed by atoms with E-state index in [0.29, 0.717) is 17.1 Å². The number of benzene rings is 2. The van der Waals surface area contributed by atoms with Crippen molar-refractivity contribution in [3.05, 3.63) is 58.1 Å². The zero-order valence-corrected chi connectivity index (χ0v) is 19.5. The zero-order chi connectivity index (χ0) is 23.7. The Bertz CT molecular complexity index is 1120. The van der Waals surface area contributed by atoms with Gasteiger partial charge in [0.05, 0.1) is 43.5 Å². The van der Waals surface area contributed by atoms with Gasteiger partial charge in [-0.3, -0.25) is 9.59 Å². The van der Waals surface area contributed by atoms with E-state index < -0.39 is 17.7 Å². The fourth-order valence-corrected chi connectivity index (χ4v) is 4.98. The normalized spacial score (nSPS) is 20.4. The lowest BCUT2D eigenvalue weighted by Gasteiger charge is -2.31. The molecule has 0 aromatic heterocycles. The highest BCUT2D eigenvalue weighted by molar-refractivity contribution is 6.46. The summed E-state index contributed by atoms with van der Waals surface area (Å²) in [5, 5.41) is 11.6. The quantitative estimate of drug-likeness (QED) is 0.372. The van der Waals surface area contributed by atoms with Gasteiger partial charge < -0.3 is 24.2 Å². The number of rotatable bonds is 6. The maximum atomic E-state index is 13.3. The predicted octanol–water partition coefficient (Wildman–Crippen LogP) is 4.73. The molecule has 2 fully saturated rings. The molecule has 0 spiro atoms. The first kappa shape index (κ1) is 23.0. The van der Waals surface area contributed by atoms with Gasteiger partial charge in [0.25, 0.3) is 11.7 Å². The van der Waals surface area contributed by atoms with E-state index in [-0.39, 0.29) is 33.7 Å². The number of carbonyl (C=O) groups is 2. The molecule has 4 rings (SSSR count). The van der Waals surface area contributed by atoms with Crippen molar-refractivity contribution in [3.63, 3.8) is 0 Å². The Labute approximate surface area is 197 Å². The molecule has 0 radical (unpaired) electrons. The molecule has 1 N–H and O–H groups in total. The van der Waals surface area contributed by atoms with E-state index in [2.05, 4.69) is 0 Å². The summed E-state index contributed by atoms with van der Waals surface area (Å²) in [6.45, 7) is 0. The molecule has 2 aromatic carbocycles. The number of aliphatic hydroxyl groups is 1. The average Bonchev–Trinajstić information content (AvgIpc) is 3.45. The molecule has 1 aliphatic heterocycles. The second-order valence-corrected chi connectivity index (χ2v) is 8.52. The summed E-state index contributed by atoms with van der Waals surface area (Å²) in [7, 11) is 4.46. The Morgan fingerprint density at radius 1 is 1.00 bits per heavy atom. The van der Waals surface area contributed by atoms with Gasteiger partial charge in [-0.1, -0.05) is 36.6 Å². The van der Waals surface area contributed by atoms with Gasteiger partial charge in [-0.15, -0.1) is 0 Å². The van der Waals surface area contributed by atoms with Crippen molar-refractivity contribution in [2.45, 2.75) is 37.8 Å². The first-order chi connectivity index (χ1) is 15.9. The Balaban J connectivity index is 1.94. The van der Waals surface area contributed by atoms with Crippen molar-refractivity contribution in [1.29, 1.82) is 0 Å². The molecule has 1 saturated carbocycles. The molecule has 1 atom stereocenters. The van der Waals surface area contributed by atoms with Crippen molar-refractivity contribution in [2.75, 3.05) is 21.3 Å². The Kier molecular flexibility index (Phi) is 6.51. The van der Waals surface area contributed by atoms with Crippen LogP contribution in [0, 0.1) is 0 Å². The summed E-state index contributed by atoms with van der Waals surface area (Å²) in [6.07, 6.45) is 3.59. The van der Waals surface area contributed by atoms with Crippen LogP contribution in [0.25, 0.3) is 5.76 Å². The fraction of sp³-hybridized carbons (Fsp3) is 0.360. The van der Waals surface area contributed by atoms with E-state index >= 15 is 0 Å². The monoisotopic (exact) mass is 471 g/mol. The van der Waals surface area contributed by atoms with Crippen molar-refractivity contribution in [2.24, 2.45) is 0 Å². The Morgan fingerprint density at radius 2 is 1.70 bits per heavy atom. The van der Waals surface area contributed by atoms with E-state index in [1.54, 1.807) is 30.2 Å². The van der Waals surface area contributed by atoms with Crippen LogP contribution in [0.4, 0.5) is 0 Å². The van der Waals surface area contributed by atoms with Gasteiger partial charge in [0, 0.05) is 12.1 Å². The molecule has 1 aliphatic carbocycles. The number of amides is 1. The molecule has 33 heavy (non-hydrogen) atoms. The second kappa shape index (κ2) is 9.35. The summed E-state index contributed by atoms with van der Waals surface area (Å²) in [4.78, 5) is 28.1. The maximum Gasteiger partial charge on any atom is 0.295 e. The highest BCUT2D eigenvalue weighted by Gasteiger charge is 2.49. The van der Waals surface area contributed by atoms with Gasteiger partial charge in [0.2, 0.25) is 0 Å². The number of hydrogen-bond acceptors (Lipinski definition) is 6. The van der Waals surface area contributed by atoms with E-state index in [1.807, 2.05) is 6.07 Å². The van der Waals surface area contributed by atoms with Crippen LogP contribution in [0.5, 0.6) is 17.2 Å². The third-order valence-electron chi connectivity index (χ3n) is 6.34. The van der Waals surface area contributed by atoms with Crippen LogP contribution in [0.15, 0.2) is 42.0 Å². The lowest BCUT2D eigenvalue weighted by atomic mass is 9.94. The van der Waals surface area contributed by atoms with Crippen LogP contribution in [-0.2, 0) is 9.59 Å². The lowest BCUT2D eigenvalue weighted by molar-refractivity contribution is -0.141. The highest BCUT2D eigenvalue weighted by Crippen LogP contribution is 2.46. The summed E-state index contributed by atoms with van der Waals surface area (Å²) in [5.74, 6) is -0.472. The minimum atomic E-state index is -0.756. The van der Waals surface area contributed by atoms with Gasteiger partial charge in [0.1, 0.15) is 23.0 Å². The van der Waals surface area contributed by atoms with Crippen molar-refractivity contribution in [1.82, 2.24) is 4.90 Å². The van der Waals surface area contributed by atoms with Gasteiger partial charge in [-0.05, 0) is 36.6 Å². The number of halogens is 1. The first-order valence-corrected chi connectivity index (χ1v) is 11.1. The predicted molar refractivity (Wildman–Crippen MR) is 124 cm³/mol. The van der Waals surface area contributed by atoms with Gasteiger partial charge in [-0.2, -0.15) is 0 Å². The molecule has 2 aliphatic rings. The third kappa shape index (κ3) is 4.02. The molecule has 7 nitrogen and oxygen atoms in total. The topological polar surface area (TPSA) is 85.3 Å². The van der Waals surface area contributed by atoms with Crippen LogP contribution in [0.3, 0.4) is 0 Å².